The first-order valence-corrected chi connectivity index (χ1v) is 5.64. The number of nitrogens with zero attached hydrogens (tertiary/aromatic N) is 1. The van der Waals surface area contributed by atoms with Crippen LogP contribution in [0.1, 0.15) is 6.42 Å². The molecule has 1 aromatic carbocycles. The predicted octanol–water partition coefficient (Wildman–Crippen LogP) is 1.61. The Morgan fingerprint density at radius 3 is 2.60 bits per heavy atom. The van der Waals surface area contributed by atoms with Crippen LogP contribution in [0.15, 0.2) is 43.0 Å². The topological polar surface area (TPSA) is 20.3 Å². The van der Waals surface area contributed by atoms with Crippen LogP contribution in [0.25, 0.3) is 0 Å². The molecule has 0 unspecified atom stereocenters. The van der Waals surface area contributed by atoms with Crippen molar-refractivity contribution in [3.63, 3.8) is 0 Å². The standard InChI is InChI=1S/C12H15NOS/c1-2-12(14)13(9-6-10-15)11-7-4-3-5-8-11/h2-5,7-8,15H,1,6,9-10H2/p+1. The van der Waals surface area contributed by atoms with Crippen molar-refractivity contribution in [1.29, 1.82) is 0 Å². The molecular weight excluding hydrogens is 206 g/mol. The van der Waals surface area contributed by atoms with Gasteiger partial charge in [0.15, 0.2) is 0 Å². The van der Waals surface area contributed by atoms with E-state index in [1.54, 1.807) is 4.90 Å². The van der Waals surface area contributed by atoms with Crippen LogP contribution < -0.4 is 4.90 Å². The lowest BCUT2D eigenvalue weighted by Gasteiger charge is -2.20. The van der Waals surface area contributed by atoms with E-state index in [0.717, 1.165) is 17.9 Å². The first-order chi connectivity index (χ1) is 7.29. The second-order valence-corrected chi connectivity index (χ2v) is 3.63. The first-order valence-electron chi connectivity index (χ1n) is 4.93. The van der Waals surface area contributed by atoms with E-state index in [-0.39, 0.29) is 5.91 Å². The summed E-state index contributed by atoms with van der Waals surface area (Å²) in [5.74, 6) is 0.828. The molecule has 2 nitrogen and oxygen atoms in total. The number of para-hydroxylation sites is 1. The maximum absolute atomic E-state index is 11.6. The lowest BCUT2D eigenvalue weighted by molar-refractivity contribution is -0.114. The third-order valence-electron chi connectivity index (χ3n) is 2.07. The minimum Gasteiger partial charge on any atom is -0.309 e. The quantitative estimate of drug-likeness (QED) is 0.547. The largest absolute Gasteiger partial charge is 0.309 e. The Balaban J connectivity index is 2.81. The zero-order valence-corrected chi connectivity index (χ0v) is 9.65. The van der Waals surface area contributed by atoms with Crippen molar-refractivity contribution in [3.05, 3.63) is 43.0 Å². The highest BCUT2D eigenvalue weighted by molar-refractivity contribution is 7.58. The van der Waals surface area contributed by atoms with Crippen LogP contribution in [0.4, 0.5) is 5.69 Å². The summed E-state index contributed by atoms with van der Waals surface area (Å²) >= 11 is 3.40. The highest BCUT2D eigenvalue weighted by Crippen LogP contribution is 2.13. The van der Waals surface area contributed by atoms with E-state index in [2.05, 4.69) is 19.2 Å². The predicted molar refractivity (Wildman–Crippen MR) is 68.6 cm³/mol. The molecule has 1 aromatic rings. The summed E-state index contributed by atoms with van der Waals surface area (Å²) in [4.78, 5) is 13.3. The van der Waals surface area contributed by atoms with E-state index in [9.17, 15) is 4.79 Å². The van der Waals surface area contributed by atoms with Gasteiger partial charge in [0.05, 0.1) is 0 Å². The van der Waals surface area contributed by atoms with Crippen LogP contribution in [0.2, 0.25) is 0 Å². The highest BCUT2D eigenvalue weighted by atomic mass is 32.1. The van der Waals surface area contributed by atoms with Crippen LogP contribution in [0.5, 0.6) is 0 Å². The van der Waals surface area contributed by atoms with E-state index in [1.165, 1.54) is 6.08 Å². The molecule has 0 heterocycles. The molecule has 1 amide bonds. The number of rotatable bonds is 5. The van der Waals surface area contributed by atoms with Crippen LogP contribution >= 0.6 is 0 Å². The second-order valence-electron chi connectivity index (χ2n) is 3.13. The highest BCUT2D eigenvalue weighted by Gasteiger charge is 2.11. The Bertz CT molecular complexity index is 324. The molecule has 0 bridgehead atoms. The Morgan fingerprint density at radius 2 is 2.07 bits per heavy atom. The summed E-state index contributed by atoms with van der Waals surface area (Å²) in [5, 5.41) is 0. The molecule has 0 aliphatic heterocycles. The summed E-state index contributed by atoms with van der Waals surface area (Å²) in [6.45, 7) is 4.22. The van der Waals surface area contributed by atoms with Crippen molar-refractivity contribution in [2.75, 3.05) is 17.2 Å². The molecule has 15 heavy (non-hydrogen) atoms. The van der Waals surface area contributed by atoms with E-state index >= 15 is 0 Å². The first kappa shape index (κ1) is 11.9. The molecule has 0 atom stereocenters. The maximum Gasteiger partial charge on any atom is 0.250 e. The van der Waals surface area contributed by atoms with Gasteiger partial charge in [0.2, 0.25) is 5.91 Å². The van der Waals surface area contributed by atoms with E-state index in [1.807, 2.05) is 30.3 Å². The van der Waals surface area contributed by atoms with Crippen molar-refractivity contribution in [2.45, 2.75) is 6.42 Å². The molecule has 0 aromatic heterocycles. The van der Waals surface area contributed by atoms with Crippen molar-refractivity contribution < 1.29 is 4.79 Å². The monoisotopic (exact) mass is 222 g/mol. The number of amides is 1. The van der Waals surface area contributed by atoms with Gasteiger partial charge in [0.1, 0.15) is 5.75 Å². The average molecular weight is 222 g/mol. The molecule has 0 saturated heterocycles. The zero-order valence-electron chi connectivity index (χ0n) is 8.65. The second kappa shape index (κ2) is 6.30. The summed E-state index contributed by atoms with van der Waals surface area (Å²) in [7, 11) is 0. The van der Waals surface area contributed by atoms with E-state index in [0.29, 0.717) is 6.54 Å². The summed E-state index contributed by atoms with van der Waals surface area (Å²) in [6.07, 6.45) is 2.27. The van der Waals surface area contributed by atoms with Gasteiger partial charge in [-0.15, -0.1) is 0 Å². The molecule has 0 fully saturated rings. The van der Waals surface area contributed by atoms with Gasteiger partial charge < -0.3 is 4.90 Å². The number of benzene rings is 1. The van der Waals surface area contributed by atoms with Gasteiger partial charge in [0.25, 0.3) is 0 Å². The smallest absolute Gasteiger partial charge is 0.250 e. The lowest BCUT2D eigenvalue weighted by Crippen LogP contribution is -2.30. The van der Waals surface area contributed by atoms with E-state index in [4.69, 9.17) is 0 Å². The summed E-state index contributed by atoms with van der Waals surface area (Å²) in [6, 6.07) is 9.63. The van der Waals surface area contributed by atoms with Crippen LogP contribution in [-0.2, 0) is 17.4 Å². The maximum atomic E-state index is 11.6. The van der Waals surface area contributed by atoms with Crippen molar-refractivity contribution in [2.24, 2.45) is 0 Å². The molecule has 1 rings (SSSR count). The van der Waals surface area contributed by atoms with Gasteiger partial charge in [0, 0.05) is 18.7 Å². The van der Waals surface area contributed by atoms with Crippen molar-refractivity contribution in [1.82, 2.24) is 0 Å². The number of carbonyl (C=O) groups excluding carboxylic acids is 1. The van der Waals surface area contributed by atoms with Gasteiger partial charge in [-0.05, 0) is 30.8 Å². The number of hydrogen-bond acceptors (Lipinski definition) is 1. The van der Waals surface area contributed by atoms with Crippen LogP contribution in [0.3, 0.4) is 0 Å². The third kappa shape index (κ3) is 3.44. The fourth-order valence-corrected chi connectivity index (χ4v) is 1.48. The van der Waals surface area contributed by atoms with Crippen molar-refractivity contribution in [3.8, 4) is 0 Å². The van der Waals surface area contributed by atoms with Crippen molar-refractivity contribution >= 4 is 24.2 Å². The molecule has 0 aliphatic carbocycles. The fraction of sp³-hybridized carbons (Fsp3) is 0.250. The number of carbonyl (C=O) groups is 1. The van der Waals surface area contributed by atoms with Gasteiger partial charge in [-0.1, -0.05) is 24.8 Å². The Hall–Kier alpha value is -1.22. The molecule has 0 radical (unpaired) electrons. The third-order valence-corrected chi connectivity index (χ3v) is 2.42. The SMILES string of the molecule is C=CC(=O)N(CCC[SH2+])c1ccccc1. The number of anilines is 1. The van der Waals surface area contributed by atoms with Gasteiger partial charge >= 0.3 is 0 Å². The normalized spacial score (nSPS) is 9.67. The zero-order chi connectivity index (χ0) is 11.1. The minimum atomic E-state index is -0.0543. The Morgan fingerprint density at radius 1 is 1.40 bits per heavy atom. The summed E-state index contributed by atoms with van der Waals surface area (Å²) in [5.41, 5.74) is 0.919. The molecule has 3 heteroatoms. The van der Waals surface area contributed by atoms with Crippen LogP contribution in [-0.4, -0.2) is 18.2 Å². The molecule has 0 N–H and O–H groups in total. The molecule has 0 spiro atoms. The Labute approximate surface area is 96.0 Å². The molecular formula is C12H16NOS+. The van der Waals surface area contributed by atoms with E-state index < -0.39 is 0 Å². The molecule has 0 saturated carbocycles. The average Bonchev–Trinajstić information content (AvgIpc) is 2.30. The van der Waals surface area contributed by atoms with Gasteiger partial charge in [-0.2, -0.15) is 0 Å². The Kier molecular flexibility index (Phi) is 4.98. The fourth-order valence-electron chi connectivity index (χ4n) is 1.32. The minimum absolute atomic E-state index is 0.0543. The van der Waals surface area contributed by atoms with Gasteiger partial charge in [-0.3, -0.25) is 4.79 Å². The van der Waals surface area contributed by atoms with Gasteiger partial charge in [-0.25, -0.2) is 0 Å². The van der Waals surface area contributed by atoms with Crippen LogP contribution in [0, 0.1) is 0 Å². The summed E-state index contributed by atoms with van der Waals surface area (Å²) < 4.78 is 0. The molecule has 0 aliphatic rings. The number of hydrogen-bond donors (Lipinski definition) is 0. The molecule has 80 valence electrons. The lowest BCUT2D eigenvalue weighted by atomic mass is 10.2.